The molecule has 0 saturated heterocycles. The maximum Gasteiger partial charge on any atom is 0.182 e. The van der Waals surface area contributed by atoms with E-state index in [0.717, 1.165) is 23.3 Å². The van der Waals surface area contributed by atoms with E-state index in [9.17, 15) is 4.39 Å². The van der Waals surface area contributed by atoms with Crippen molar-refractivity contribution < 1.29 is 4.39 Å². The van der Waals surface area contributed by atoms with Crippen LogP contribution in [0, 0.1) is 5.82 Å². The summed E-state index contributed by atoms with van der Waals surface area (Å²) >= 11 is 6.43. The van der Waals surface area contributed by atoms with Crippen LogP contribution < -0.4 is 10.2 Å². The number of aromatic nitrogens is 5. The first kappa shape index (κ1) is 19.3. The number of hydrogen-bond donors (Lipinski definition) is 2. The molecule has 0 aliphatic carbocycles. The fraction of sp³-hybridized carbons (Fsp3) is 0.136. The molecule has 3 aromatic heterocycles. The Bertz CT molecular complexity index is 1320. The van der Waals surface area contributed by atoms with Crippen LogP contribution in [-0.2, 0) is 0 Å². The van der Waals surface area contributed by atoms with E-state index < -0.39 is 0 Å². The molecule has 0 radical (unpaired) electrons. The highest BCUT2D eigenvalue weighted by atomic mass is 35.5. The van der Waals surface area contributed by atoms with Crippen LogP contribution in [0.5, 0.6) is 0 Å². The van der Waals surface area contributed by atoms with Crippen LogP contribution in [-0.4, -0.2) is 30.5 Å². The molecule has 0 bridgehead atoms. The molecule has 0 amide bonds. The molecule has 1 aliphatic rings. The molecule has 1 unspecified atom stereocenters. The van der Waals surface area contributed by atoms with E-state index in [1.165, 1.54) is 18.5 Å². The summed E-state index contributed by atoms with van der Waals surface area (Å²) in [7, 11) is 0. The van der Waals surface area contributed by atoms with Gasteiger partial charge < -0.3 is 19.8 Å². The van der Waals surface area contributed by atoms with E-state index in [1.54, 1.807) is 12.4 Å². The van der Waals surface area contributed by atoms with Gasteiger partial charge in [0.15, 0.2) is 11.5 Å². The minimum Gasteiger partial charge on any atom is -0.360 e. The van der Waals surface area contributed by atoms with E-state index >= 15 is 0 Å². The molecule has 7 nitrogen and oxygen atoms in total. The molecule has 2 N–H and O–H groups in total. The fourth-order valence-corrected chi connectivity index (χ4v) is 4.13. The molecule has 4 aromatic rings. The molecule has 9 heteroatoms. The number of imidazole rings is 1. The van der Waals surface area contributed by atoms with Crippen molar-refractivity contribution >= 4 is 46.2 Å². The van der Waals surface area contributed by atoms with Crippen LogP contribution in [0.1, 0.15) is 19.0 Å². The van der Waals surface area contributed by atoms with Crippen molar-refractivity contribution in [2.45, 2.75) is 19.4 Å². The normalized spacial score (nSPS) is 14.5. The molecule has 1 aromatic carbocycles. The standard InChI is InChI=1S/C22H19ClFN7/c1-3-17(29-22-19-21(26-11-25-19)27-12-28-22)18-10-30-8-7-16(23)20(30)13(2)31(18)15-6-4-5-14(24)9-15/h4-12,17H,2-3H2,1H3,(H2,25,26,27,28,29). The molecule has 31 heavy (non-hydrogen) atoms. The third-order valence-corrected chi connectivity index (χ3v) is 5.61. The molecular weight excluding hydrogens is 417 g/mol. The van der Waals surface area contributed by atoms with Crippen LogP contribution in [0.25, 0.3) is 23.1 Å². The summed E-state index contributed by atoms with van der Waals surface area (Å²) in [6, 6.07) is 8.07. The first-order chi connectivity index (χ1) is 15.1. The third kappa shape index (κ3) is 3.25. The largest absolute Gasteiger partial charge is 0.360 e. The number of anilines is 2. The van der Waals surface area contributed by atoms with Gasteiger partial charge in [0.2, 0.25) is 0 Å². The number of benzene rings is 1. The van der Waals surface area contributed by atoms with Crippen molar-refractivity contribution in [1.82, 2.24) is 24.5 Å². The zero-order valence-electron chi connectivity index (χ0n) is 16.7. The number of nitrogens with zero attached hydrogens (tertiary/aromatic N) is 5. The number of hydrogen-bond acceptors (Lipinski definition) is 5. The predicted octanol–water partition coefficient (Wildman–Crippen LogP) is 5.13. The lowest BCUT2D eigenvalue weighted by molar-refractivity contribution is 0.627. The minimum atomic E-state index is -0.326. The van der Waals surface area contributed by atoms with Crippen LogP contribution >= 0.6 is 11.6 Å². The molecule has 1 atom stereocenters. The Labute approximate surface area is 182 Å². The van der Waals surface area contributed by atoms with Crippen molar-refractivity contribution in [2.75, 3.05) is 10.2 Å². The topological polar surface area (TPSA) is 74.7 Å². The third-order valence-electron chi connectivity index (χ3n) is 5.30. The van der Waals surface area contributed by atoms with E-state index in [-0.39, 0.29) is 11.9 Å². The Morgan fingerprint density at radius 1 is 1.26 bits per heavy atom. The highest BCUT2D eigenvalue weighted by Gasteiger charge is 2.30. The van der Waals surface area contributed by atoms with Crippen LogP contribution in [0.15, 0.2) is 61.5 Å². The van der Waals surface area contributed by atoms with Gasteiger partial charge >= 0.3 is 0 Å². The Kier molecular flexibility index (Phi) is 4.71. The average molecular weight is 436 g/mol. The van der Waals surface area contributed by atoms with Crippen molar-refractivity contribution in [2.24, 2.45) is 0 Å². The number of aromatic amines is 1. The van der Waals surface area contributed by atoms with Gasteiger partial charge in [-0.3, -0.25) is 0 Å². The van der Waals surface area contributed by atoms with E-state index in [2.05, 4.69) is 38.8 Å². The lowest BCUT2D eigenvalue weighted by Gasteiger charge is -2.37. The second kappa shape index (κ2) is 7.55. The highest BCUT2D eigenvalue weighted by Crippen LogP contribution is 2.39. The fourth-order valence-electron chi connectivity index (χ4n) is 3.87. The summed E-state index contributed by atoms with van der Waals surface area (Å²) < 4.78 is 16.0. The smallest absolute Gasteiger partial charge is 0.182 e. The first-order valence-electron chi connectivity index (χ1n) is 9.80. The number of rotatable bonds is 5. The molecule has 5 rings (SSSR count). The predicted molar refractivity (Wildman–Crippen MR) is 121 cm³/mol. The van der Waals surface area contributed by atoms with Crippen LogP contribution in [0.2, 0.25) is 5.02 Å². The van der Waals surface area contributed by atoms with Crippen molar-refractivity contribution in [3.05, 3.63) is 78.0 Å². The van der Waals surface area contributed by atoms with Gasteiger partial charge in [0, 0.05) is 18.1 Å². The van der Waals surface area contributed by atoms with Crippen LogP contribution in [0.3, 0.4) is 0 Å². The lowest BCUT2D eigenvalue weighted by Crippen LogP contribution is -2.36. The summed E-state index contributed by atoms with van der Waals surface area (Å²) in [6.45, 7) is 6.34. The highest BCUT2D eigenvalue weighted by molar-refractivity contribution is 6.32. The Morgan fingerprint density at radius 2 is 2.13 bits per heavy atom. The zero-order chi connectivity index (χ0) is 21.5. The monoisotopic (exact) mass is 435 g/mol. The van der Waals surface area contributed by atoms with Crippen molar-refractivity contribution in [3.63, 3.8) is 0 Å². The van der Waals surface area contributed by atoms with Gasteiger partial charge in [-0.1, -0.05) is 31.2 Å². The summed E-state index contributed by atoms with van der Waals surface area (Å²) in [5, 5.41) is 4.07. The van der Waals surface area contributed by atoms with Gasteiger partial charge in [-0.05, 0) is 30.7 Å². The Morgan fingerprint density at radius 3 is 2.94 bits per heavy atom. The Hall–Kier alpha value is -3.65. The summed E-state index contributed by atoms with van der Waals surface area (Å²) in [4.78, 5) is 17.8. The first-order valence-corrected chi connectivity index (χ1v) is 10.2. The molecular formula is C22H19ClFN7. The number of fused-ring (bicyclic) bond motifs is 2. The summed E-state index contributed by atoms with van der Waals surface area (Å²) in [5.41, 5.74) is 4.27. The van der Waals surface area contributed by atoms with Crippen molar-refractivity contribution in [3.8, 4) is 0 Å². The van der Waals surface area contributed by atoms with Crippen LogP contribution in [0.4, 0.5) is 15.9 Å². The summed E-state index contributed by atoms with van der Waals surface area (Å²) in [5.74, 6) is 0.309. The van der Waals surface area contributed by atoms with Gasteiger partial charge in [-0.2, -0.15) is 0 Å². The zero-order valence-corrected chi connectivity index (χ0v) is 17.4. The summed E-state index contributed by atoms with van der Waals surface area (Å²) in [6.07, 6.45) is 7.65. The molecule has 4 heterocycles. The van der Waals surface area contributed by atoms with Gasteiger partial charge in [0.1, 0.15) is 17.7 Å². The van der Waals surface area contributed by atoms with E-state index in [1.807, 2.05) is 34.0 Å². The van der Waals surface area contributed by atoms with Gasteiger partial charge in [-0.15, -0.1) is 0 Å². The van der Waals surface area contributed by atoms with E-state index in [4.69, 9.17) is 11.6 Å². The number of halogens is 2. The lowest BCUT2D eigenvalue weighted by atomic mass is 10.1. The molecule has 0 saturated carbocycles. The number of H-pyrrole nitrogens is 1. The van der Waals surface area contributed by atoms with Crippen molar-refractivity contribution in [1.29, 1.82) is 0 Å². The minimum absolute atomic E-state index is 0.171. The maximum absolute atomic E-state index is 14.1. The molecule has 0 spiro atoms. The molecule has 0 fully saturated rings. The second-order valence-corrected chi connectivity index (χ2v) is 7.57. The number of nitrogens with one attached hydrogen (secondary N) is 2. The maximum atomic E-state index is 14.1. The van der Waals surface area contributed by atoms with Gasteiger partial charge in [0.25, 0.3) is 0 Å². The molecule has 1 aliphatic heterocycles. The average Bonchev–Trinajstić information content (AvgIpc) is 3.39. The molecule has 156 valence electrons. The van der Waals surface area contributed by atoms with E-state index in [0.29, 0.717) is 27.9 Å². The van der Waals surface area contributed by atoms with Gasteiger partial charge in [0.05, 0.1) is 34.5 Å². The SMILES string of the molecule is C=C1c2c(Cl)ccn2C=C(C(CC)Nc2ncnc3nc[nH]c23)N1c1cccc(F)c1. The Balaban J connectivity index is 1.63. The quantitative estimate of drug-likeness (QED) is 0.454. The second-order valence-electron chi connectivity index (χ2n) is 7.16. The van der Waals surface area contributed by atoms with Gasteiger partial charge in [-0.25, -0.2) is 19.3 Å².